The van der Waals surface area contributed by atoms with Gasteiger partial charge >= 0.3 is 0 Å². The molecule has 0 spiro atoms. The molecule has 2 aromatic rings. The number of amides is 1. The monoisotopic (exact) mass is 421 g/mol. The van der Waals surface area contributed by atoms with Crippen LogP contribution in [0.15, 0.2) is 34.8 Å². The fourth-order valence-electron chi connectivity index (χ4n) is 1.46. The lowest BCUT2D eigenvalue weighted by molar-refractivity contribution is 0.102. The molecule has 4 N–H and O–H groups in total. The van der Waals surface area contributed by atoms with Gasteiger partial charge in [-0.15, -0.1) is 11.3 Å². The molecule has 5 nitrogen and oxygen atoms in total. The van der Waals surface area contributed by atoms with Gasteiger partial charge in [0.25, 0.3) is 5.91 Å². The molecule has 0 aliphatic rings. The Kier molecular flexibility index (Phi) is 4.84. The Morgan fingerprint density at radius 3 is 2.70 bits per heavy atom. The number of oxime groups is 1. The van der Waals surface area contributed by atoms with Gasteiger partial charge in [0, 0.05) is 10.9 Å². The molecule has 0 saturated heterocycles. The Labute approximate surface area is 137 Å². The summed E-state index contributed by atoms with van der Waals surface area (Å²) in [5.74, 6) is -0.278. The van der Waals surface area contributed by atoms with Crippen molar-refractivity contribution in [3.05, 3.63) is 48.7 Å². The molecule has 0 radical (unpaired) electrons. The molecule has 1 aromatic heterocycles. The highest BCUT2D eigenvalue weighted by Crippen LogP contribution is 2.24. The second-order valence-electron chi connectivity index (χ2n) is 3.77. The first-order valence-electron chi connectivity index (χ1n) is 5.34. The predicted octanol–water partition coefficient (Wildman–Crippen LogP) is 3.35. The maximum absolute atomic E-state index is 12.0. The number of rotatable bonds is 3. The molecule has 1 amide bonds. The number of hydrogen-bond acceptors (Lipinski definition) is 4. The molecular formula is C12H9ClIN3O2S. The first kappa shape index (κ1) is 15.1. The lowest BCUT2D eigenvalue weighted by Gasteiger charge is -2.07. The summed E-state index contributed by atoms with van der Waals surface area (Å²) in [5.41, 5.74) is 6.98. The average molecular weight is 422 g/mol. The summed E-state index contributed by atoms with van der Waals surface area (Å²) in [6.45, 7) is 0. The summed E-state index contributed by atoms with van der Waals surface area (Å²) in [6.07, 6.45) is 0. The van der Waals surface area contributed by atoms with Crippen LogP contribution in [0.5, 0.6) is 0 Å². The highest BCUT2D eigenvalue weighted by atomic mass is 127. The number of carbonyl (C=O) groups is 1. The van der Waals surface area contributed by atoms with Crippen molar-refractivity contribution < 1.29 is 10.0 Å². The van der Waals surface area contributed by atoms with E-state index in [2.05, 4.69) is 33.1 Å². The standard InChI is InChI=1S/C12H9ClIN3O2S/c13-8-3-6(11(15)17-19)1-2-9(8)16-12(18)7-4-10(14)20-5-7/h1-5,19H,(H2,15,17)(H,16,18). The average Bonchev–Trinajstić information content (AvgIpc) is 2.86. The van der Waals surface area contributed by atoms with Gasteiger partial charge in [-0.2, -0.15) is 0 Å². The van der Waals surface area contributed by atoms with Gasteiger partial charge in [0.2, 0.25) is 0 Å². The predicted molar refractivity (Wildman–Crippen MR) is 89.0 cm³/mol. The van der Waals surface area contributed by atoms with Crippen molar-refractivity contribution in [2.75, 3.05) is 5.32 Å². The fraction of sp³-hybridized carbons (Fsp3) is 0. The quantitative estimate of drug-likeness (QED) is 0.233. The Morgan fingerprint density at radius 2 is 2.15 bits per heavy atom. The molecule has 0 aliphatic heterocycles. The van der Waals surface area contributed by atoms with Gasteiger partial charge in [0.15, 0.2) is 5.84 Å². The molecule has 0 atom stereocenters. The summed E-state index contributed by atoms with van der Waals surface area (Å²) in [6, 6.07) is 6.52. The van der Waals surface area contributed by atoms with Gasteiger partial charge in [-0.25, -0.2) is 0 Å². The number of benzene rings is 1. The second kappa shape index (κ2) is 6.42. The topological polar surface area (TPSA) is 87.7 Å². The summed E-state index contributed by atoms with van der Waals surface area (Å²) in [5, 5.41) is 16.3. The van der Waals surface area contributed by atoms with E-state index in [4.69, 9.17) is 22.5 Å². The molecule has 0 bridgehead atoms. The first-order valence-corrected chi connectivity index (χ1v) is 7.67. The first-order chi connectivity index (χ1) is 9.51. The third-order valence-electron chi connectivity index (χ3n) is 2.45. The van der Waals surface area contributed by atoms with Gasteiger partial charge < -0.3 is 16.3 Å². The van der Waals surface area contributed by atoms with Crippen LogP contribution in [0.2, 0.25) is 5.02 Å². The van der Waals surface area contributed by atoms with E-state index in [1.165, 1.54) is 17.4 Å². The molecule has 0 fully saturated rings. The summed E-state index contributed by atoms with van der Waals surface area (Å²) >= 11 is 9.70. The molecular weight excluding hydrogens is 413 g/mol. The van der Waals surface area contributed by atoms with Gasteiger partial charge in [-0.3, -0.25) is 4.79 Å². The Morgan fingerprint density at radius 1 is 1.40 bits per heavy atom. The largest absolute Gasteiger partial charge is 0.409 e. The molecule has 0 unspecified atom stereocenters. The number of anilines is 1. The van der Waals surface area contributed by atoms with Crippen LogP contribution >= 0.6 is 45.5 Å². The van der Waals surface area contributed by atoms with Crippen LogP contribution in [-0.4, -0.2) is 17.0 Å². The zero-order valence-electron chi connectivity index (χ0n) is 9.93. The van der Waals surface area contributed by atoms with Crippen LogP contribution < -0.4 is 11.1 Å². The number of halogens is 2. The Hall–Kier alpha value is -1.32. The fourth-order valence-corrected chi connectivity index (χ4v) is 3.01. The van der Waals surface area contributed by atoms with Crippen LogP contribution in [0, 0.1) is 2.88 Å². The normalized spacial score (nSPS) is 11.4. The van der Waals surface area contributed by atoms with E-state index >= 15 is 0 Å². The van der Waals surface area contributed by atoms with Crippen LogP contribution in [0.25, 0.3) is 0 Å². The van der Waals surface area contributed by atoms with Gasteiger partial charge in [0.1, 0.15) is 0 Å². The van der Waals surface area contributed by atoms with E-state index in [1.54, 1.807) is 23.6 Å². The lowest BCUT2D eigenvalue weighted by atomic mass is 10.2. The van der Waals surface area contributed by atoms with Crippen LogP contribution in [0.4, 0.5) is 5.69 Å². The highest BCUT2D eigenvalue weighted by Gasteiger charge is 2.11. The SMILES string of the molecule is N/C(=N/O)c1ccc(NC(=O)c2csc(I)c2)c(Cl)c1. The van der Waals surface area contributed by atoms with Crippen molar-refractivity contribution in [2.45, 2.75) is 0 Å². The van der Waals surface area contributed by atoms with Crippen molar-refractivity contribution in [2.24, 2.45) is 10.9 Å². The van der Waals surface area contributed by atoms with Crippen LogP contribution in [0.1, 0.15) is 15.9 Å². The molecule has 0 aliphatic carbocycles. The minimum absolute atomic E-state index is 0.0443. The van der Waals surface area contributed by atoms with Gasteiger partial charge in [0.05, 0.1) is 19.2 Å². The molecule has 20 heavy (non-hydrogen) atoms. The van der Waals surface area contributed by atoms with Gasteiger partial charge in [-0.05, 0) is 46.9 Å². The maximum Gasteiger partial charge on any atom is 0.256 e. The maximum atomic E-state index is 12.0. The summed E-state index contributed by atoms with van der Waals surface area (Å²) in [7, 11) is 0. The second-order valence-corrected chi connectivity index (χ2v) is 6.99. The number of amidine groups is 1. The van der Waals surface area contributed by atoms with E-state index in [0.717, 1.165) is 2.88 Å². The summed E-state index contributed by atoms with van der Waals surface area (Å²) < 4.78 is 1.03. The number of nitrogens with zero attached hydrogens (tertiary/aromatic N) is 1. The molecule has 104 valence electrons. The van der Waals surface area contributed by atoms with E-state index in [0.29, 0.717) is 21.8 Å². The number of thiophene rings is 1. The molecule has 0 saturated carbocycles. The van der Waals surface area contributed by atoms with Crippen LogP contribution in [0.3, 0.4) is 0 Å². The molecule has 1 aromatic carbocycles. The van der Waals surface area contributed by atoms with Crippen molar-refractivity contribution in [3.8, 4) is 0 Å². The smallest absolute Gasteiger partial charge is 0.256 e. The van der Waals surface area contributed by atoms with E-state index in [-0.39, 0.29) is 11.7 Å². The molecule has 2 rings (SSSR count). The van der Waals surface area contributed by atoms with E-state index < -0.39 is 0 Å². The minimum atomic E-state index is -0.234. The third-order valence-corrected chi connectivity index (χ3v) is 4.55. The van der Waals surface area contributed by atoms with E-state index in [1.807, 2.05) is 0 Å². The van der Waals surface area contributed by atoms with Crippen LogP contribution in [-0.2, 0) is 0 Å². The molecule has 8 heteroatoms. The zero-order valence-corrected chi connectivity index (χ0v) is 13.7. The van der Waals surface area contributed by atoms with Crippen molar-refractivity contribution in [3.63, 3.8) is 0 Å². The lowest BCUT2D eigenvalue weighted by Crippen LogP contribution is -2.14. The zero-order chi connectivity index (χ0) is 14.7. The highest BCUT2D eigenvalue weighted by molar-refractivity contribution is 14.1. The van der Waals surface area contributed by atoms with Crippen molar-refractivity contribution in [1.29, 1.82) is 0 Å². The van der Waals surface area contributed by atoms with E-state index in [9.17, 15) is 4.79 Å². The Balaban J connectivity index is 2.20. The van der Waals surface area contributed by atoms with Crippen molar-refractivity contribution in [1.82, 2.24) is 0 Å². The number of nitrogens with one attached hydrogen (secondary N) is 1. The third kappa shape index (κ3) is 3.41. The summed E-state index contributed by atoms with van der Waals surface area (Å²) in [4.78, 5) is 12.0. The Bertz CT molecular complexity index is 687. The van der Waals surface area contributed by atoms with Crippen molar-refractivity contribution >= 4 is 63.0 Å². The number of carbonyl (C=O) groups excluding carboxylic acids is 1. The molecule has 1 heterocycles. The number of hydrogen-bond donors (Lipinski definition) is 3. The number of nitrogens with two attached hydrogens (primary N) is 1. The van der Waals surface area contributed by atoms with Gasteiger partial charge in [-0.1, -0.05) is 16.8 Å². The minimum Gasteiger partial charge on any atom is -0.409 e.